The highest BCUT2D eigenvalue weighted by atomic mass is 16.3. The predicted molar refractivity (Wildman–Crippen MR) is 85.7 cm³/mol. The Labute approximate surface area is 128 Å². The normalized spacial score (nSPS) is 11.0. The number of nitrogens with zero attached hydrogens (tertiary/aromatic N) is 4. The molecule has 0 saturated carbocycles. The topological polar surface area (TPSA) is 75.9 Å². The largest absolute Gasteiger partial charge is 0.396 e. The Morgan fingerprint density at radius 2 is 2.09 bits per heavy atom. The molecule has 1 aromatic carbocycles. The van der Waals surface area contributed by atoms with Gasteiger partial charge in [0.25, 0.3) is 0 Å². The zero-order chi connectivity index (χ0) is 15.2. The summed E-state index contributed by atoms with van der Waals surface area (Å²) >= 11 is 0. The first kappa shape index (κ1) is 14.5. The molecule has 0 aliphatic rings. The number of aryl methyl sites for hydroxylation is 1. The molecule has 0 radical (unpaired) electrons. The van der Waals surface area contributed by atoms with Gasteiger partial charge in [-0.1, -0.05) is 23.4 Å². The van der Waals surface area contributed by atoms with Crippen LogP contribution in [-0.4, -0.2) is 38.2 Å². The number of rotatable bonds is 7. The van der Waals surface area contributed by atoms with Crippen molar-refractivity contribution in [3.63, 3.8) is 0 Å². The second kappa shape index (κ2) is 7.00. The highest BCUT2D eigenvalue weighted by Crippen LogP contribution is 2.20. The minimum atomic E-state index is 0.105. The van der Waals surface area contributed by atoms with E-state index in [0.717, 1.165) is 41.8 Å². The lowest BCUT2D eigenvalue weighted by Gasteiger charge is -2.08. The first-order chi connectivity index (χ1) is 10.9. The zero-order valence-electron chi connectivity index (χ0n) is 12.3. The van der Waals surface area contributed by atoms with Gasteiger partial charge in [0.2, 0.25) is 0 Å². The third kappa shape index (κ3) is 3.40. The van der Waals surface area contributed by atoms with Crippen molar-refractivity contribution in [3.8, 4) is 0 Å². The molecule has 0 unspecified atom stereocenters. The minimum Gasteiger partial charge on any atom is -0.396 e. The molecule has 0 atom stereocenters. The van der Waals surface area contributed by atoms with Gasteiger partial charge in [0.1, 0.15) is 0 Å². The van der Waals surface area contributed by atoms with Gasteiger partial charge >= 0.3 is 0 Å². The van der Waals surface area contributed by atoms with Crippen molar-refractivity contribution in [2.24, 2.45) is 0 Å². The van der Waals surface area contributed by atoms with Crippen molar-refractivity contribution in [2.75, 3.05) is 18.5 Å². The first-order valence-electron chi connectivity index (χ1n) is 7.44. The smallest absolute Gasteiger partial charge is 0.0933 e. The van der Waals surface area contributed by atoms with Gasteiger partial charge < -0.3 is 10.4 Å². The summed E-state index contributed by atoms with van der Waals surface area (Å²) in [5, 5.41) is 21.5. The van der Waals surface area contributed by atoms with E-state index in [9.17, 15) is 0 Å². The quantitative estimate of drug-likeness (QED) is 0.651. The van der Waals surface area contributed by atoms with Crippen LogP contribution in [0.25, 0.3) is 10.9 Å². The molecule has 2 N–H and O–H groups in total. The highest BCUT2D eigenvalue weighted by Gasteiger charge is 2.02. The van der Waals surface area contributed by atoms with E-state index in [1.807, 2.05) is 35.3 Å². The van der Waals surface area contributed by atoms with Crippen molar-refractivity contribution >= 4 is 16.6 Å². The number of benzene rings is 1. The number of hydrogen-bond donors (Lipinski definition) is 2. The van der Waals surface area contributed by atoms with Crippen LogP contribution in [0.2, 0.25) is 0 Å². The molecule has 114 valence electrons. The van der Waals surface area contributed by atoms with Crippen molar-refractivity contribution < 1.29 is 5.11 Å². The lowest BCUT2D eigenvalue weighted by Crippen LogP contribution is -2.07. The molecule has 3 aromatic rings. The van der Waals surface area contributed by atoms with Crippen LogP contribution >= 0.6 is 0 Å². The molecule has 6 heteroatoms. The lowest BCUT2D eigenvalue weighted by atomic mass is 10.2. The summed E-state index contributed by atoms with van der Waals surface area (Å²) < 4.78 is 1.81. The van der Waals surface area contributed by atoms with Gasteiger partial charge in [0.05, 0.1) is 16.9 Å². The summed E-state index contributed by atoms with van der Waals surface area (Å²) in [5.41, 5.74) is 2.88. The first-order valence-corrected chi connectivity index (χ1v) is 7.44. The monoisotopic (exact) mass is 297 g/mol. The number of nitrogens with one attached hydrogen (secondary N) is 1. The Morgan fingerprint density at radius 3 is 3.00 bits per heavy atom. The van der Waals surface area contributed by atoms with Gasteiger partial charge in [-0.2, -0.15) is 0 Å². The van der Waals surface area contributed by atoms with Gasteiger partial charge in [0.15, 0.2) is 0 Å². The van der Waals surface area contributed by atoms with Crippen LogP contribution in [0.5, 0.6) is 0 Å². The summed E-state index contributed by atoms with van der Waals surface area (Å²) in [6.07, 6.45) is 5.19. The number of hydrogen-bond acceptors (Lipinski definition) is 5. The van der Waals surface area contributed by atoms with Gasteiger partial charge in [-0.25, -0.2) is 0 Å². The Kier molecular flexibility index (Phi) is 4.60. The fourth-order valence-corrected chi connectivity index (χ4v) is 2.39. The maximum absolute atomic E-state index is 8.86. The number of anilines is 1. The van der Waals surface area contributed by atoms with Gasteiger partial charge in [-0.05, 0) is 18.6 Å². The van der Waals surface area contributed by atoms with Gasteiger partial charge in [-0.15, -0.1) is 5.10 Å². The number of pyridine rings is 1. The van der Waals surface area contributed by atoms with E-state index in [0.29, 0.717) is 6.42 Å². The molecule has 0 aliphatic carbocycles. The predicted octanol–water partition coefficient (Wildman–Crippen LogP) is 1.86. The van der Waals surface area contributed by atoms with E-state index in [-0.39, 0.29) is 6.61 Å². The van der Waals surface area contributed by atoms with Crippen molar-refractivity contribution in [1.29, 1.82) is 0 Å². The average Bonchev–Trinajstić information content (AvgIpc) is 3.00. The molecule has 2 aromatic heterocycles. The Morgan fingerprint density at radius 1 is 1.18 bits per heavy atom. The van der Waals surface area contributed by atoms with Crippen LogP contribution in [0, 0.1) is 0 Å². The fraction of sp³-hybridized carbons (Fsp3) is 0.312. The maximum Gasteiger partial charge on any atom is 0.0933 e. The Balaban J connectivity index is 1.54. The number of aliphatic hydroxyl groups is 1. The van der Waals surface area contributed by atoms with E-state index < -0.39 is 0 Å². The summed E-state index contributed by atoms with van der Waals surface area (Å²) in [6, 6.07) is 10.1. The van der Waals surface area contributed by atoms with Gasteiger partial charge in [-0.3, -0.25) is 9.67 Å². The maximum atomic E-state index is 8.86. The van der Waals surface area contributed by atoms with E-state index in [1.165, 1.54) is 0 Å². The third-order valence-corrected chi connectivity index (χ3v) is 3.47. The van der Waals surface area contributed by atoms with Crippen molar-refractivity contribution in [1.82, 2.24) is 20.0 Å². The molecular formula is C16H19N5O. The SMILES string of the molecule is OCCc1cn(CCCNc2cccc3cccnc23)nn1. The second-order valence-corrected chi connectivity index (χ2v) is 5.11. The molecule has 22 heavy (non-hydrogen) atoms. The molecule has 3 rings (SSSR count). The molecular weight excluding hydrogens is 278 g/mol. The summed E-state index contributed by atoms with van der Waals surface area (Å²) in [4.78, 5) is 4.43. The van der Waals surface area contributed by atoms with E-state index in [2.05, 4.69) is 32.7 Å². The van der Waals surface area contributed by atoms with Crippen molar-refractivity contribution in [3.05, 3.63) is 48.4 Å². The lowest BCUT2D eigenvalue weighted by molar-refractivity contribution is 0.298. The second-order valence-electron chi connectivity index (χ2n) is 5.11. The fourth-order valence-electron chi connectivity index (χ4n) is 2.39. The number of aliphatic hydroxyl groups excluding tert-OH is 1. The van der Waals surface area contributed by atoms with Crippen LogP contribution < -0.4 is 5.32 Å². The number of para-hydroxylation sites is 1. The Bertz CT molecular complexity index is 735. The zero-order valence-corrected chi connectivity index (χ0v) is 12.3. The Hall–Kier alpha value is -2.47. The number of aromatic nitrogens is 4. The number of fused-ring (bicyclic) bond motifs is 1. The van der Waals surface area contributed by atoms with Crippen LogP contribution in [0.3, 0.4) is 0 Å². The molecule has 0 aliphatic heterocycles. The highest BCUT2D eigenvalue weighted by molar-refractivity contribution is 5.90. The van der Waals surface area contributed by atoms with Crippen LogP contribution in [-0.2, 0) is 13.0 Å². The molecule has 2 heterocycles. The van der Waals surface area contributed by atoms with E-state index >= 15 is 0 Å². The molecule has 0 spiro atoms. The average molecular weight is 297 g/mol. The molecule has 0 fully saturated rings. The van der Waals surface area contributed by atoms with E-state index in [1.54, 1.807) is 0 Å². The summed E-state index contributed by atoms with van der Waals surface area (Å²) in [5.74, 6) is 0. The summed E-state index contributed by atoms with van der Waals surface area (Å²) in [6.45, 7) is 1.74. The van der Waals surface area contributed by atoms with Gasteiger partial charge in [0, 0.05) is 43.9 Å². The van der Waals surface area contributed by atoms with Crippen LogP contribution in [0.1, 0.15) is 12.1 Å². The van der Waals surface area contributed by atoms with Crippen LogP contribution in [0.4, 0.5) is 5.69 Å². The van der Waals surface area contributed by atoms with Crippen molar-refractivity contribution in [2.45, 2.75) is 19.4 Å². The van der Waals surface area contributed by atoms with E-state index in [4.69, 9.17) is 5.11 Å². The third-order valence-electron chi connectivity index (χ3n) is 3.47. The molecule has 6 nitrogen and oxygen atoms in total. The molecule has 0 amide bonds. The molecule has 0 saturated heterocycles. The van der Waals surface area contributed by atoms with Crippen LogP contribution in [0.15, 0.2) is 42.7 Å². The molecule has 0 bridgehead atoms. The minimum absolute atomic E-state index is 0.105. The standard InChI is InChI=1S/C16H19N5O/c22-11-7-14-12-21(20-19-14)10-3-9-17-15-6-1-4-13-5-2-8-18-16(13)15/h1-2,4-6,8,12,17,22H,3,7,9-11H2. The summed E-state index contributed by atoms with van der Waals surface area (Å²) in [7, 11) is 0.